The Morgan fingerprint density at radius 3 is 2.45 bits per heavy atom. The van der Waals surface area contributed by atoms with Gasteiger partial charge in [0.1, 0.15) is 0 Å². The predicted octanol–water partition coefficient (Wildman–Crippen LogP) is 0.148. The van der Waals surface area contributed by atoms with Crippen LogP contribution in [-0.4, -0.2) is 60.2 Å². The SMILES string of the molecule is C=CC(=O)NCCC(=O)N1CCC(N(C)C(C)=O)CC1. The van der Waals surface area contributed by atoms with Crippen LogP contribution in [0.4, 0.5) is 0 Å². The highest BCUT2D eigenvalue weighted by molar-refractivity contribution is 5.87. The summed E-state index contributed by atoms with van der Waals surface area (Å²) in [4.78, 5) is 37.7. The van der Waals surface area contributed by atoms with Crippen LogP contribution in [0, 0.1) is 0 Å². The molecule has 0 atom stereocenters. The Kier molecular flexibility index (Phi) is 6.21. The zero-order valence-electron chi connectivity index (χ0n) is 12.2. The third-order valence-electron chi connectivity index (χ3n) is 3.69. The van der Waals surface area contributed by atoms with Gasteiger partial charge in [-0.25, -0.2) is 0 Å². The largest absolute Gasteiger partial charge is 0.352 e. The van der Waals surface area contributed by atoms with Gasteiger partial charge in [-0.15, -0.1) is 0 Å². The summed E-state index contributed by atoms with van der Waals surface area (Å²) >= 11 is 0. The zero-order chi connectivity index (χ0) is 15.1. The van der Waals surface area contributed by atoms with E-state index in [2.05, 4.69) is 11.9 Å². The summed E-state index contributed by atoms with van der Waals surface area (Å²) < 4.78 is 0. The van der Waals surface area contributed by atoms with Gasteiger partial charge in [0.15, 0.2) is 0 Å². The zero-order valence-corrected chi connectivity index (χ0v) is 12.2. The van der Waals surface area contributed by atoms with Crippen molar-refractivity contribution in [2.75, 3.05) is 26.7 Å². The molecule has 0 spiro atoms. The first-order valence-electron chi connectivity index (χ1n) is 6.87. The summed E-state index contributed by atoms with van der Waals surface area (Å²) in [7, 11) is 1.80. The average Bonchev–Trinajstić information content (AvgIpc) is 2.46. The van der Waals surface area contributed by atoms with Crippen LogP contribution >= 0.6 is 0 Å². The molecule has 1 fully saturated rings. The molecule has 6 nitrogen and oxygen atoms in total. The van der Waals surface area contributed by atoms with Gasteiger partial charge in [-0.1, -0.05) is 6.58 Å². The number of nitrogens with one attached hydrogen (secondary N) is 1. The topological polar surface area (TPSA) is 69.7 Å². The molecule has 1 saturated heterocycles. The molecule has 1 rings (SSSR count). The maximum Gasteiger partial charge on any atom is 0.243 e. The van der Waals surface area contributed by atoms with Crippen molar-refractivity contribution in [1.29, 1.82) is 0 Å². The van der Waals surface area contributed by atoms with Gasteiger partial charge < -0.3 is 15.1 Å². The molecular formula is C14H23N3O3. The normalized spacial score (nSPS) is 15.6. The molecule has 20 heavy (non-hydrogen) atoms. The minimum atomic E-state index is -0.264. The van der Waals surface area contributed by atoms with E-state index >= 15 is 0 Å². The quantitative estimate of drug-likeness (QED) is 0.729. The summed E-state index contributed by atoms with van der Waals surface area (Å²) in [5.41, 5.74) is 0. The number of hydrogen-bond acceptors (Lipinski definition) is 3. The Balaban J connectivity index is 2.30. The van der Waals surface area contributed by atoms with Gasteiger partial charge in [-0.05, 0) is 18.9 Å². The van der Waals surface area contributed by atoms with Crippen LogP contribution in [0.2, 0.25) is 0 Å². The van der Waals surface area contributed by atoms with Gasteiger partial charge in [0.05, 0.1) is 0 Å². The maximum atomic E-state index is 11.9. The Morgan fingerprint density at radius 2 is 1.95 bits per heavy atom. The van der Waals surface area contributed by atoms with Crippen molar-refractivity contribution in [1.82, 2.24) is 15.1 Å². The lowest BCUT2D eigenvalue weighted by atomic mass is 10.0. The second-order valence-corrected chi connectivity index (χ2v) is 4.99. The third-order valence-corrected chi connectivity index (χ3v) is 3.69. The first-order chi connectivity index (χ1) is 9.45. The highest BCUT2D eigenvalue weighted by Crippen LogP contribution is 2.16. The fourth-order valence-corrected chi connectivity index (χ4v) is 2.28. The van der Waals surface area contributed by atoms with Crippen molar-refractivity contribution in [2.45, 2.75) is 32.2 Å². The standard InChI is InChI=1S/C14H23N3O3/c1-4-13(19)15-8-5-14(20)17-9-6-12(7-10-17)16(3)11(2)18/h4,12H,1,5-10H2,2-3H3,(H,15,19). The average molecular weight is 281 g/mol. The summed E-state index contributed by atoms with van der Waals surface area (Å²) in [6.07, 6.45) is 3.10. The lowest BCUT2D eigenvalue weighted by Crippen LogP contribution is -2.47. The van der Waals surface area contributed by atoms with Crippen molar-refractivity contribution in [3.05, 3.63) is 12.7 Å². The van der Waals surface area contributed by atoms with Crippen LogP contribution in [0.25, 0.3) is 0 Å². The number of piperidine rings is 1. The highest BCUT2D eigenvalue weighted by Gasteiger charge is 2.25. The number of amides is 3. The second-order valence-electron chi connectivity index (χ2n) is 4.99. The Bertz CT molecular complexity index is 387. The molecule has 0 aliphatic carbocycles. The van der Waals surface area contributed by atoms with Crippen molar-refractivity contribution in [3.8, 4) is 0 Å². The Morgan fingerprint density at radius 1 is 1.35 bits per heavy atom. The number of likely N-dealkylation sites (tertiary alicyclic amines) is 1. The number of nitrogens with zero attached hydrogens (tertiary/aromatic N) is 2. The molecule has 1 heterocycles. The third kappa shape index (κ3) is 4.68. The number of carbonyl (C=O) groups excluding carboxylic acids is 3. The molecule has 3 amide bonds. The molecule has 1 N–H and O–H groups in total. The maximum absolute atomic E-state index is 11.9. The van der Waals surface area contributed by atoms with E-state index in [-0.39, 0.29) is 23.8 Å². The smallest absolute Gasteiger partial charge is 0.243 e. The first-order valence-corrected chi connectivity index (χ1v) is 6.87. The molecular weight excluding hydrogens is 258 g/mol. The molecule has 0 aromatic heterocycles. The van der Waals surface area contributed by atoms with Gasteiger partial charge >= 0.3 is 0 Å². The summed E-state index contributed by atoms with van der Waals surface area (Å²) in [6, 6.07) is 0.219. The van der Waals surface area contributed by atoms with Crippen molar-refractivity contribution >= 4 is 17.7 Å². The predicted molar refractivity (Wildman–Crippen MR) is 75.9 cm³/mol. The molecule has 0 saturated carbocycles. The van der Waals surface area contributed by atoms with Crippen LogP contribution in [-0.2, 0) is 14.4 Å². The minimum Gasteiger partial charge on any atom is -0.352 e. The van der Waals surface area contributed by atoms with E-state index in [0.717, 1.165) is 12.8 Å². The molecule has 0 unspecified atom stereocenters. The second kappa shape index (κ2) is 7.67. The van der Waals surface area contributed by atoms with Crippen LogP contribution in [0.5, 0.6) is 0 Å². The molecule has 0 aromatic carbocycles. The minimum absolute atomic E-state index is 0.0401. The van der Waals surface area contributed by atoms with Gasteiger partial charge in [0.25, 0.3) is 0 Å². The highest BCUT2D eigenvalue weighted by atomic mass is 16.2. The van der Waals surface area contributed by atoms with E-state index in [1.54, 1.807) is 23.8 Å². The molecule has 0 bridgehead atoms. The fourth-order valence-electron chi connectivity index (χ4n) is 2.28. The van der Waals surface area contributed by atoms with Crippen molar-refractivity contribution in [2.24, 2.45) is 0 Å². The monoisotopic (exact) mass is 281 g/mol. The number of carbonyl (C=O) groups is 3. The van der Waals surface area contributed by atoms with E-state index in [1.165, 1.54) is 6.08 Å². The first kappa shape index (κ1) is 16.2. The fraction of sp³-hybridized carbons (Fsp3) is 0.643. The summed E-state index contributed by atoms with van der Waals surface area (Å²) in [5, 5.41) is 2.59. The van der Waals surface area contributed by atoms with E-state index in [1.807, 2.05) is 0 Å². The van der Waals surface area contributed by atoms with Crippen LogP contribution in [0.15, 0.2) is 12.7 Å². The van der Waals surface area contributed by atoms with E-state index in [4.69, 9.17) is 0 Å². The molecule has 0 radical (unpaired) electrons. The van der Waals surface area contributed by atoms with Gasteiger partial charge in [0, 0.05) is 46.1 Å². The van der Waals surface area contributed by atoms with Crippen LogP contribution < -0.4 is 5.32 Å². The van der Waals surface area contributed by atoms with Gasteiger partial charge in [0.2, 0.25) is 17.7 Å². The molecule has 112 valence electrons. The van der Waals surface area contributed by atoms with Crippen LogP contribution in [0.3, 0.4) is 0 Å². The van der Waals surface area contributed by atoms with Gasteiger partial charge in [-0.3, -0.25) is 14.4 Å². The Labute approximate surface area is 119 Å². The van der Waals surface area contributed by atoms with Crippen LogP contribution in [0.1, 0.15) is 26.2 Å². The molecule has 1 aliphatic rings. The molecule has 0 aromatic rings. The number of hydrogen-bond donors (Lipinski definition) is 1. The summed E-state index contributed by atoms with van der Waals surface area (Å²) in [6.45, 7) is 6.56. The molecule has 1 aliphatic heterocycles. The Hall–Kier alpha value is -1.85. The van der Waals surface area contributed by atoms with E-state index < -0.39 is 0 Å². The van der Waals surface area contributed by atoms with E-state index in [0.29, 0.717) is 26.1 Å². The van der Waals surface area contributed by atoms with Crippen molar-refractivity contribution < 1.29 is 14.4 Å². The molecule has 6 heteroatoms. The van der Waals surface area contributed by atoms with Gasteiger partial charge in [-0.2, -0.15) is 0 Å². The van der Waals surface area contributed by atoms with Crippen molar-refractivity contribution in [3.63, 3.8) is 0 Å². The lowest BCUT2D eigenvalue weighted by molar-refractivity contribution is -0.134. The van der Waals surface area contributed by atoms with E-state index in [9.17, 15) is 14.4 Å². The lowest BCUT2D eigenvalue weighted by Gasteiger charge is -2.36. The summed E-state index contributed by atoms with van der Waals surface area (Å²) in [5.74, 6) is -0.167. The number of rotatable bonds is 5.